The summed E-state index contributed by atoms with van der Waals surface area (Å²) in [6.07, 6.45) is 1.67. The van der Waals surface area contributed by atoms with Crippen LogP contribution in [0, 0.1) is 5.92 Å². The van der Waals surface area contributed by atoms with Gasteiger partial charge in [0.05, 0.1) is 21.4 Å². The Balaban J connectivity index is 1.33. The molecule has 3 N–H and O–H groups in total. The Morgan fingerprint density at radius 2 is 1.88 bits per heavy atom. The second-order valence-corrected chi connectivity index (χ2v) is 11.0. The summed E-state index contributed by atoms with van der Waals surface area (Å²) in [5.74, 6) is 1.63. The summed E-state index contributed by atoms with van der Waals surface area (Å²) in [6, 6.07) is 13.2. The largest absolute Gasteiger partial charge is 0.375 e. The van der Waals surface area contributed by atoms with Crippen LogP contribution in [-0.2, 0) is 9.59 Å². The number of benzene rings is 2. The third-order valence-corrected chi connectivity index (χ3v) is 8.28. The molecule has 2 amide bonds. The van der Waals surface area contributed by atoms with E-state index in [1.807, 2.05) is 59.6 Å². The lowest BCUT2D eigenvalue weighted by Gasteiger charge is -2.29. The Kier molecular flexibility index (Phi) is 6.80. The molecule has 3 heterocycles. The molecule has 1 aliphatic heterocycles. The lowest BCUT2D eigenvalue weighted by molar-refractivity contribution is -0.124. The predicted molar refractivity (Wildman–Crippen MR) is 143 cm³/mol. The van der Waals surface area contributed by atoms with E-state index in [0.29, 0.717) is 16.5 Å². The van der Waals surface area contributed by atoms with Gasteiger partial charge in [0, 0.05) is 28.2 Å². The fraction of sp³-hybridized carbons (Fsp3) is 0.250. The van der Waals surface area contributed by atoms with Crippen molar-refractivity contribution in [3.63, 3.8) is 0 Å². The zero-order valence-corrected chi connectivity index (χ0v) is 20.7. The number of anilines is 3. The number of nitrogens with two attached hydrogens (primary N) is 1. The molecule has 0 saturated carbocycles. The highest BCUT2D eigenvalue weighted by atomic mass is 32.2. The number of nitrogen functional groups attached to an aromatic ring is 1. The molecule has 4 aromatic rings. The molecule has 0 radical (unpaired) electrons. The van der Waals surface area contributed by atoms with Crippen molar-refractivity contribution in [3.8, 4) is 11.3 Å². The van der Waals surface area contributed by atoms with Crippen molar-refractivity contribution in [2.45, 2.75) is 12.8 Å². The molecule has 0 bridgehead atoms. The van der Waals surface area contributed by atoms with Crippen molar-refractivity contribution in [1.29, 1.82) is 0 Å². The van der Waals surface area contributed by atoms with E-state index < -0.39 is 0 Å². The van der Waals surface area contributed by atoms with Gasteiger partial charge in [-0.25, -0.2) is 9.97 Å². The zero-order valence-electron chi connectivity index (χ0n) is 18.3. The van der Waals surface area contributed by atoms with E-state index in [1.165, 1.54) is 11.3 Å². The minimum Gasteiger partial charge on any atom is -0.375 e. The highest BCUT2D eigenvalue weighted by Crippen LogP contribution is 2.29. The van der Waals surface area contributed by atoms with E-state index in [-0.39, 0.29) is 24.3 Å². The van der Waals surface area contributed by atoms with Crippen LogP contribution in [-0.4, -0.2) is 39.8 Å². The van der Waals surface area contributed by atoms with E-state index in [1.54, 1.807) is 21.7 Å². The molecule has 5 rings (SSSR count). The van der Waals surface area contributed by atoms with Crippen LogP contribution in [0.1, 0.15) is 12.8 Å². The number of hydrogen-bond acceptors (Lipinski definition) is 8. The third kappa shape index (κ3) is 5.08. The predicted octanol–water partition coefficient (Wildman–Crippen LogP) is 5.12. The van der Waals surface area contributed by atoms with Gasteiger partial charge in [-0.2, -0.15) is 11.8 Å². The van der Waals surface area contributed by atoms with Gasteiger partial charge in [-0.05, 0) is 54.7 Å². The molecule has 1 aliphatic rings. The number of hydrogen-bond donors (Lipinski definition) is 2. The summed E-state index contributed by atoms with van der Waals surface area (Å²) >= 11 is 4.82. The maximum absolute atomic E-state index is 13.5. The topological polar surface area (TPSA) is 101 Å². The molecule has 174 valence electrons. The second kappa shape index (κ2) is 10.1. The van der Waals surface area contributed by atoms with Crippen molar-refractivity contribution in [1.82, 2.24) is 9.97 Å². The Hall–Kier alpha value is -2.95. The Morgan fingerprint density at radius 3 is 2.62 bits per heavy atom. The summed E-state index contributed by atoms with van der Waals surface area (Å²) in [6.45, 7) is -0.0531. The van der Waals surface area contributed by atoms with E-state index in [0.717, 1.165) is 45.8 Å². The number of rotatable bonds is 6. The molecule has 1 saturated heterocycles. The van der Waals surface area contributed by atoms with Crippen LogP contribution in [0.15, 0.2) is 53.4 Å². The van der Waals surface area contributed by atoms with Gasteiger partial charge < -0.3 is 16.0 Å². The highest BCUT2D eigenvalue weighted by molar-refractivity contribution is 7.99. The maximum atomic E-state index is 13.5. The van der Waals surface area contributed by atoms with E-state index in [2.05, 4.69) is 15.3 Å². The first-order valence-electron chi connectivity index (χ1n) is 10.9. The first kappa shape index (κ1) is 22.8. The van der Waals surface area contributed by atoms with Crippen LogP contribution in [0.5, 0.6) is 0 Å². The van der Waals surface area contributed by atoms with Gasteiger partial charge in [-0.15, -0.1) is 22.7 Å². The van der Waals surface area contributed by atoms with Gasteiger partial charge >= 0.3 is 0 Å². The average molecular weight is 510 g/mol. The van der Waals surface area contributed by atoms with Crippen molar-refractivity contribution >= 4 is 73.0 Å². The number of amides is 2. The third-order valence-electron chi connectivity index (χ3n) is 5.75. The molecular weight excluding hydrogens is 486 g/mol. The molecule has 0 spiro atoms. The van der Waals surface area contributed by atoms with Gasteiger partial charge in [0.15, 0.2) is 5.13 Å². The van der Waals surface area contributed by atoms with Crippen molar-refractivity contribution in [2.75, 3.05) is 34.0 Å². The first-order valence-corrected chi connectivity index (χ1v) is 13.8. The fourth-order valence-electron chi connectivity index (χ4n) is 3.96. The van der Waals surface area contributed by atoms with E-state index in [9.17, 15) is 9.59 Å². The molecule has 1 fully saturated rings. The molecular formula is C24H23N5O2S3. The second-order valence-electron chi connectivity index (χ2n) is 8.01. The molecule has 0 unspecified atom stereocenters. The number of nitrogens with zero attached hydrogens (tertiary/aromatic N) is 3. The number of aromatic nitrogens is 2. The zero-order chi connectivity index (χ0) is 23.5. The number of thiazole rings is 2. The van der Waals surface area contributed by atoms with Crippen LogP contribution in [0.25, 0.3) is 21.5 Å². The average Bonchev–Trinajstić information content (AvgIpc) is 3.51. The number of nitrogens with one attached hydrogen (secondary N) is 1. The normalized spacial score (nSPS) is 14.2. The highest BCUT2D eigenvalue weighted by Gasteiger charge is 2.29. The number of fused-ring (bicyclic) bond motifs is 1. The summed E-state index contributed by atoms with van der Waals surface area (Å²) in [7, 11) is 0. The van der Waals surface area contributed by atoms with Crippen LogP contribution < -0.4 is 16.0 Å². The molecule has 2 aromatic heterocycles. The van der Waals surface area contributed by atoms with Crippen molar-refractivity contribution < 1.29 is 9.59 Å². The minimum absolute atomic E-state index is 0.00139. The molecule has 10 heteroatoms. The molecule has 0 aliphatic carbocycles. The number of thioether (sulfide) groups is 1. The van der Waals surface area contributed by atoms with Gasteiger partial charge in [0.1, 0.15) is 6.54 Å². The van der Waals surface area contributed by atoms with E-state index in [4.69, 9.17) is 5.73 Å². The first-order chi connectivity index (χ1) is 16.6. The SMILES string of the molecule is Nc1nc(-c2ccc(NC(=O)CN(C(=O)C3CCSCC3)c3ccc4scnc4c3)cc2)cs1. The van der Waals surface area contributed by atoms with Gasteiger partial charge in [0.2, 0.25) is 11.8 Å². The minimum atomic E-state index is -0.248. The summed E-state index contributed by atoms with van der Waals surface area (Å²) in [5.41, 5.74) is 11.4. The van der Waals surface area contributed by atoms with Crippen LogP contribution in [0.2, 0.25) is 0 Å². The Morgan fingerprint density at radius 1 is 1.09 bits per heavy atom. The Labute approximate surface area is 209 Å². The monoisotopic (exact) mass is 509 g/mol. The summed E-state index contributed by atoms with van der Waals surface area (Å²) in [4.78, 5) is 36.7. The lowest BCUT2D eigenvalue weighted by Crippen LogP contribution is -2.42. The summed E-state index contributed by atoms with van der Waals surface area (Å²) in [5, 5.41) is 5.34. The molecule has 0 atom stereocenters. The van der Waals surface area contributed by atoms with Crippen LogP contribution in [0.3, 0.4) is 0 Å². The maximum Gasteiger partial charge on any atom is 0.244 e. The smallest absolute Gasteiger partial charge is 0.244 e. The van der Waals surface area contributed by atoms with Crippen molar-refractivity contribution in [3.05, 3.63) is 53.4 Å². The van der Waals surface area contributed by atoms with Gasteiger partial charge in [-0.1, -0.05) is 12.1 Å². The Bertz CT molecular complexity index is 1310. The summed E-state index contributed by atoms with van der Waals surface area (Å²) < 4.78 is 1.05. The fourth-order valence-corrected chi connectivity index (χ4v) is 6.30. The van der Waals surface area contributed by atoms with Crippen LogP contribution >= 0.6 is 34.4 Å². The molecule has 34 heavy (non-hydrogen) atoms. The molecule has 2 aromatic carbocycles. The van der Waals surface area contributed by atoms with Crippen molar-refractivity contribution in [2.24, 2.45) is 5.92 Å². The number of carbonyl (C=O) groups excluding carboxylic acids is 2. The van der Waals surface area contributed by atoms with E-state index >= 15 is 0 Å². The van der Waals surface area contributed by atoms with Gasteiger partial charge in [0.25, 0.3) is 0 Å². The molecule has 7 nitrogen and oxygen atoms in total. The standard InChI is InChI=1S/C24H23N5O2S3/c25-24-28-20(13-33-24)15-1-3-17(4-2-15)27-22(30)12-29(23(31)16-7-9-32-10-8-16)18-5-6-21-19(11-18)26-14-34-21/h1-6,11,13-14,16H,7-10,12H2,(H2,25,28)(H,27,30). The number of carbonyl (C=O) groups is 2. The quantitative estimate of drug-likeness (QED) is 0.374. The van der Waals surface area contributed by atoms with Gasteiger partial charge in [-0.3, -0.25) is 9.59 Å². The lowest BCUT2D eigenvalue weighted by atomic mass is 10.0. The van der Waals surface area contributed by atoms with Crippen LogP contribution in [0.4, 0.5) is 16.5 Å².